The predicted octanol–water partition coefficient (Wildman–Crippen LogP) is 1.38. The summed E-state index contributed by atoms with van der Waals surface area (Å²) in [5.74, 6) is 0.275. The number of ketones is 1. The third kappa shape index (κ3) is 1.44. The van der Waals surface area contributed by atoms with Crippen molar-refractivity contribution >= 4 is 5.78 Å². The number of hydrogen-bond donors (Lipinski definition) is 1. The highest BCUT2D eigenvalue weighted by molar-refractivity contribution is 5.92. The number of hydrogen-bond acceptors (Lipinski definition) is 2. The zero-order valence-corrected chi connectivity index (χ0v) is 6.81. The van der Waals surface area contributed by atoms with Crippen molar-refractivity contribution in [2.24, 2.45) is 0 Å². The van der Waals surface area contributed by atoms with E-state index in [1.54, 1.807) is 6.08 Å². The van der Waals surface area contributed by atoms with Crippen LogP contribution in [0.5, 0.6) is 0 Å². The van der Waals surface area contributed by atoms with Crippen LogP contribution >= 0.6 is 0 Å². The minimum atomic E-state index is 0.275. The molecule has 0 spiro atoms. The summed E-state index contributed by atoms with van der Waals surface area (Å²) in [6, 6.07) is 0. The fourth-order valence-electron chi connectivity index (χ4n) is 1.40. The van der Waals surface area contributed by atoms with Crippen LogP contribution in [-0.2, 0) is 4.79 Å². The van der Waals surface area contributed by atoms with Crippen molar-refractivity contribution in [3.05, 3.63) is 11.8 Å². The van der Waals surface area contributed by atoms with Crippen molar-refractivity contribution in [3.8, 4) is 0 Å². The van der Waals surface area contributed by atoms with E-state index in [4.69, 9.17) is 0 Å². The van der Waals surface area contributed by atoms with E-state index in [1.807, 2.05) is 0 Å². The van der Waals surface area contributed by atoms with Gasteiger partial charge in [-0.1, -0.05) is 0 Å². The lowest BCUT2D eigenvalue weighted by Crippen LogP contribution is -2.26. The molecule has 2 nitrogen and oxygen atoms in total. The number of carbonyl (C=O) groups is 1. The maximum absolute atomic E-state index is 10.8. The second-order valence-electron chi connectivity index (χ2n) is 3.82. The highest BCUT2D eigenvalue weighted by Gasteiger charge is 2.37. The van der Waals surface area contributed by atoms with Gasteiger partial charge in [0.05, 0.1) is 0 Å². The first-order chi connectivity index (χ1) is 5.18. The molecule has 0 aromatic rings. The van der Waals surface area contributed by atoms with Gasteiger partial charge in [0, 0.05) is 23.7 Å². The number of nitrogens with one attached hydrogen (secondary N) is 1. The molecule has 0 aromatic carbocycles. The molecule has 0 aromatic heterocycles. The van der Waals surface area contributed by atoms with Gasteiger partial charge in [-0.15, -0.1) is 0 Å². The van der Waals surface area contributed by atoms with Crippen molar-refractivity contribution in [1.82, 2.24) is 5.32 Å². The van der Waals surface area contributed by atoms with Gasteiger partial charge in [-0.3, -0.25) is 4.79 Å². The summed E-state index contributed by atoms with van der Waals surface area (Å²) < 4.78 is 0. The number of rotatable bonds is 2. The van der Waals surface area contributed by atoms with Crippen LogP contribution in [0.2, 0.25) is 0 Å². The zero-order chi connectivity index (χ0) is 7.90. The van der Waals surface area contributed by atoms with Crippen LogP contribution in [0.3, 0.4) is 0 Å². The summed E-state index contributed by atoms with van der Waals surface area (Å²) in [5.41, 5.74) is 1.48. The van der Waals surface area contributed by atoms with Crippen LogP contribution in [0.1, 0.15) is 32.6 Å². The van der Waals surface area contributed by atoms with Gasteiger partial charge in [0.2, 0.25) is 0 Å². The smallest absolute Gasteiger partial charge is 0.157 e. The van der Waals surface area contributed by atoms with Crippen LogP contribution < -0.4 is 5.32 Å². The zero-order valence-electron chi connectivity index (χ0n) is 6.81. The third-order valence-corrected chi connectivity index (χ3v) is 2.44. The molecule has 0 aliphatic heterocycles. The molecule has 0 saturated heterocycles. The highest BCUT2D eigenvalue weighted by atomic mass is 16.1. The first-order valence-electron chi connectivity index (χ1n) is 4.20. The summed E-state index contributed by atoms with van der Waals surface area (Å²) in [7, 11) is 0. The maximum atomic E-state index is 10.8. The van der Waals surface area contributed by atoms with E-state index in [0.717, 1.165) is 12.1 Å². The topological polar surface area (TPSA) is 29.1 Å². The maximum Gasteiger partial charge on any atom is 0.157 e. The number of carbonyl (C=O) groups excluding carboxylic acids is 1. The molecule has 2 aliphatic rings. The van der Waals surface area contributed by atoms with E-state index in [-0.39, 0.29) is 5.78 Å². The minimum absolute atomic E-state index is 0.275. The molecule has 11 heavy (non-hydrogen) atoms. The normalized spacial score (nSPS) is 26.6. The molecule has 0 heterocycles. The van der Waals surface area contributed by atoms with Crippen molar-refractivity contribution in [2.45, 2.75) is 38.1 Å². The largest absolute Gasteiger partial charge is 0.383 e. The van der Waals surface area contributed by atoms with E-state index < -0.39 is 0 Å². The van der Waals surface area contributed by atoms with Crippen LogP contribution in [-0.4, -0.2) is 11.3 Å². The van der Waals surface area contributed by atoms with E-state index in [0.29, 0.717) is 12.0 Å². The van der Waals surface area contributed by atoms with Crippen LogP contribution in [0.25, 0.3) is 0 Å². The van der Waals surface area contributed by atoms with Gasteiger partial charge in [0.25, 0.3) is 0 Å². The fourth-order valence-corrected chi connectivity index (χ4v) is 1.40. The molecular formula is C9H13NO. The van der Waals surface area contributed by atoms with Gasteiger partial charge in [-0.05, 0) is 26.2 Å². The van der Waals surface area contributed by atoms with E-state index >= 15 is 0 Å². The van der Waals surface area contributed by atoms with Gasteiger partial charge in [0.15, 0.2) is 5.78 Å². The van der Waals surface area contributed by atoms with Crippen molar-refractivity contribution < 1.29 is 4.79 Å². The molecular weight excluding hydrogens is 138 g/mol. The molecule has 1 N–H and O–H groups in total. The average molecular weight is 151 g/mol. The Kier molecular flexibility index (Phi) is 1.31. The summed E-state index contributed by atoms with van der Waals surface area (Å²) in [6.45, 7) is 2.20. The predicted molar refractivity (Wildman–Crippen MR) is 43.1 cm³/mol. The molecule has 0 amide bonds. The van der Waals surface area contributed by atoms with E-state index in [2.05, 4.69) is 12.2 Å². The second kappa shape index (κ2) is 2.10. The Balaban J connectivity index is 1.96. The minimum Gasteiger partial charge on any atom is -0.383 e. The molecule has 0 atom stereocenters. The summed E-state index contributed by atoms with van der Waals surface area (Å²) >= 11 is 0. The van der Waals surface area contributed by atoms with E-state index in [9.17, 15) is 4.79 Å². The first-order valence-corrected chi connectivity index (χ1v) is 4.20. The van der Waals surface area contributed by atoms with Crippen LogP contribution in [0, 0.1) is 0 Å². The number of allylic oxidation sites excluding steroid dienone is 2. The Morgan fingerprint density at radius 2 is 2.18 bits per heavy atom. The van der Waals surface area contributed by atoms with Gasteiger partial charge >= 0.3 is 0 Å². The molecule has 0 unspecified atom stereocenters. The Labute approximate surface area is 66.7 Å². The summed E-state index contributed by atoms with van der Waals surface area (Å²) in [5, 5.41) is 3.40. The lowest BCUT2D eigenvalue weighted by molar-refractivity contribution is -0.114. The summed E-state index contributed by atoms with van der Waals surface area (Å²) in [4.78, 5) is 10.8. The van der Waals surface area contributed by atoms with Gasteiger partial charge in [-0.25, -0.2) is 0 Å². The lowest BCUT2D eigenvalue weighted by Gasteiger charge is -2.12. The highest BCUT2D eigenvalue weighted by Crippen LogP contribution is 2.36. The Hall–Kier alpha value is -0.790. The molecule has 2 rings (SSSR count). The molecule has 0 radical (unpaired) electrons. The first kappa shape index (κ1) is 6.89. The third-order valence-electron chi connectivity index (χ3n) is 2.44. The van der Waals surface area contributed by atoms with Gasteiger partial charge < -0.3 is 5.32 Å². The standard InChI is InChI=1S/C9H13NO/c1-9(4-5-9)10-7-2-3-8(11)6-7/h6,10H,2-5H2,1H3. The molecule has 2 heteroatoms. The SMILES string of the molecule is CC1(NC2=CC(=O)CC2)CC1. The fraction of sp³-hybridized carbons (Fsp3) is 0.667. The molecule has 60 valence electrons. The Morgan fingerprint density at radius 3 is 2.64 bits per heavy atom. The van der Waals surface area contributed by atoms with Crippen molar-refractivity contribution in [2.75, 3.05) is 0 Å². The summed E-state index contributed by atoms with van der Waals surface area (Å²) in [6.07, 6.45) is 5.88. The lowest BCUT2D eigenvalue weighted by atomic mass is 10.3. The quantitative estimate of drug-likeness (QED) is 0.646. The van der Waals surface area contributed by atoms with Crippen LogP contribution in [0.4, 0.5) is 0 Å². The van der Waals surface area contributed by atoms with E-state index in [1.165, 1.54) is 12.8 Å². The molecule has 2 aliphatic carbocycles. The Morgan fingerprint density at radius 1 is 1.45 bits per heavy atom. The average Bonchev–Trinajstić information content (AvgIpc) is 2.49. The molecule has 1 saturated carbocycles. The van der Waals surface area contributed by atoms with Gasteiger partial charge in [0.1, 0.15) is 0 Å². The second-order valence-corrected chi connectivity index (χ2v) is 3.82. The van der Waals surface area contributed by atoms with Crippen LogP contribution in [0.15, 0.2) is 11.8 Å². The van der Waals surface area contributed by atoms with Crippen molar-refractivity contribution in [1.29, 1.82) is 0 Å². The monoisotopic (exact) mass is 151 g/mol. The van der Waals surface area contributed by atoms with Gasteiger partial charge in [-0.2, -0.15) is 0 Å². The molecule has 0 bridgehead atoms. The van der Waals surface area contributed by atoms with Crippen molar-refractivity contribution in [3.63, 3.8) is 0 Å². The Bertz CT molecular complexity index is 226. The molecule has 1 fully saturated rings.